The second-order valence-corrected chi connectivity index (χ2v) is 5.61. The lowest BCUT2D eigenvalue weighted by Crippen LogP contribution is -2.32. The highest BCUT2D eigenvalue weighted by atomic mass is 16.3. The highest BCUT2D eigenvalue weighted by Gasteiger charge is 2.29. The van der Waals surface area contributed by atoms with Gasteiger partial charge in [0.1, 0.15) is 0 Å². The van der Waals surface area contributed by atoms with E-state index in [-0.39, 0.29) is 0 Å². The number of hydrogen-bond donors (Lipinski definition) is 1. The van der Waals surface area contributed by atoms with Crippen LogP contribution in [0.2, 0.25) is 0 Å². The molecule has 1 atom stereocenters. The van der Waals surface area contributed by atoms with Gasteiger partial charge in [-0.25, -0.2) is 0 Å². The number of nitrogens with zero attached hydrogens (tertiary/aromatic N) is 1. The van der Waals surface area contributed by atoms with Crippen molar-refractivity contribution in [1.29, 1.82) is 0 Å². The van der Waals surface area contributed by atoms with Crippen LogP contribution in [0.4, 0.5) is 0 Å². The van der Waals surface area contributed by atoms with Crippen molar-refractivity contribution in [1.82, 2.24) is 4.90 Å². The minimum absolute atomic E-state index is 0.645. The molecule has 1 N–H and O–H groups in total. The summed E-state index contributed by atoms with van der Waals surface area (Å²) >= 11 is 0. The number of benzene rings is 2. The van der Waals surface area contributed by atoms with Gasteiger partial charge in [0.15, 0.2) is 0 Å². The van der Waals surface area contributed by atoms with E-state index in [1.165, 1.54) is 0 Å². The molecule has 0 radical (unpaired) electrons. The SMILES string of the molecule is CN(C)CCC(O)(Cc1ccccc1)c1ccccc1. The summed E-state index contributed by atoms with van der Waals surface area (Å²) in [6.07, 6.45) is 1.37. The van der Waals surface area contributed by atoms with Gasteiger partial charge < -0.3 is 10.0 Å². The molecule has 0 fully saturated rings. The molecule has 0 heterocycles. The summed E-state index contributed by atoms with van der Waals surface area (Å²) in [6, 6.07) is 20.2. The second kappa shape index (κ2) is 6.69. The fourth-order valence-electron chi connectivity index (χ4n) is 2.43. The fourth-order valence-corrected chi connectivity index (χ4v) is 2.43. The van der Waals surface area contributed by atoms with Crippen LogP contribution in [0.5, 0.6) is 0 Å². The maximum absolute atomic E-state index is 11.2. The van der Waals surface area contributed by atoms with Gasteiger partial charge in [0.05, 0.1) is 5.60 Å². The molecule has 0 bridgehead atoms. The van der Waals surface area contributed by atoms with Crippen LogP contribution in [0, 0.1) is 0 Å². The van der Waals surface area contributed by atoms with E-state index >= 15 is 0 Å². The Morgan fingerprint density at radius 3 is 2.00 bits per heavy atom. The lowest BCUT2D eigenvalue weighted by Gasteiger charge is -2.30. The summed E-state index contributed by atoms with van der Waals surface area (Å²) in [5.41, 5.74) is 1.34. The fraction of sp³-hybridized carbons (Fsp3) is 0.333. The van der Waals surface area contributed by atoms with E-state index in [1.807, 2.05) is 62.6 Å². The van der Waals surface area contributed by atoms with E-state index in [2.05, 4.69) is 17.0 Å². The standard InChI is InChI=1S/C18H23NO/c1-19(2)14-13-18(20,17-11-7-4-8-12-17)15-16-9-5-3-6-10-16/h3-12,20H,13-15H2,1-2H3. The molecule has 2 aromatic rings. The number of aliphatic hydroxyl groups is 1. The molecule has 2 rings (SSSR count). The summed E-state index contributed by atoms with van der Waals surface area (Å²) in [5.74, 6) is 0. The van der Waals surface area contributed by atoms with Gasteiger partial charge in [-0.15, -0.1) is 0 Å². The third kappa shape index (κ3) is 3.92. The van der Waals surface area contributed by atoms with Crippen LogP contribution >= 0.6 is 0 Å². The summed E-state index contributed by atoms with van der Waals surface area (Å²) in [4.78, 5) is 2.11. The minimum Gasteiger partial charge on any atom is -0.385 e. The Kier molecular flexibility index (Phi) is 4.94. The van der Waals surface area contributed by atoms with Crippen LogP contribution in [0.3, 0.4) is 0 Å². The Morgan fingerprint density at radius 1 is 0.900 bits per heavy atom. The number of rotatable bonds is 6. The van der Waals surface area contributed by atoms with Crippen molar-refractivity contribution < 1.29 is 5.11 Å². The van der Waals surface area contributed by atoms with Crippen molar-refractivity contribution in [2.45, 2.75) is 18.4 Å². The molecule has 2 aromatic carbocycles. The Labute approximate surface area is 121 Å². The second-order valence-electron chi connectivity index (χ2n) is 5.61. The predicted octanol–water partition coefficient (Wildman–Crippen LogP) is 3.07. The van der Waals surface area contributed by atoms with E-state index in [0.717, 1.165) is 24.1 Å². The monoisotopic (exact) mass is 269 g/mol. The van der Waals surface area contributed by atoms with E-state index in [0.29, 0.717) is 6.42 Å². The third-order valence-corrected chi connectivity index (χ3v) is 3.62. The first-order valence-corrected chi connectivity index (χ1v) is 7.07. The number of hydrogen-bond acceptors (Lipinski definition) is 2. The van der Waals surface area contributed by atoms with Crippen molar-refractivity contribution in [2.24, 2.45) is 0 Å². The highest BCUT2D eigenvalue weighted by molar-refractivity contribution is 5.26. The molecule has 2 heteroatoms. The van der Waals surface area contributed by atoms with Gasteiger partial charge in [-0.2, -0.15) is 0 Å². The Hall–Kier alpha value is -1.64. The minimum atomic E-state index is -0.813. The quantitative estimate of drug-likeness (QED) is 0.871. The maximum atomic E-state index is 11.2. The first kappa shape index (κ1) is 14.8. The summed E-state index contributed by atoms with van der Waals surface area (Å²) in [6.45, 7) is 0.859. The first-order valence-electron chi connectivity index (χ1n) is 7.07. The van der Waals surface area contributed by atoms with Gasteiger partial charge in [0.2, 0.25) is 0 Å². The molecule has 1 unspecified atom stereocenters. The van der Waals surface area contributed by atoms with Crippen LogP contribution in [0.15, 0.2) is 60.7 Å². The van der Waals surface area contributed by atoms with E-state index in [9.17, 15) is 5.11 Å². The molecule has 0 saturated carbocycles. The van der Waals surface area contributed by atoms with Crippen molar-refractivity contribution in [3.05, 3.63) is 71.8 Å². The largest absolute Gasteiger partial charge is 0.385 e. The lowest BCUT2D eigenvalue weighted by molar-refractivity contribution is 0.0212. The van der Waals surface area contributed by atoms with Gasteiger partial charge in [-0.1, -0.05) is 60.7 Å². The maximum Gasteiger partial charge on any atom is 0.0948 e. The van der Waals surface area contributed by atoms with Gasteiger partial charge in [0.25, 0.3) is 0 Å². The normalized spacial score (nSPS) is 14.2. The summed E-state index contributed by atoms with van der Waals surface area (Å²) < 4.78 is 0. The van der Waals surface area contributed by atoms with Crippen LogP contribution < -0.4 is 0 Å². The van der Waals surface area contributed by atoms with Crippen LogP contribution in [-0.4, -0.2) is 30.6 Å². The van der Waals surface area contributed by atoms with Crippen molar-refractivity contribution in [3.8, 4) is 0 Å². The predicted molar refractivity (Wildman–Crippen MR) is 83.7 cm³/mol. The summed E-state index contributed by atoms with van der Waals surface area (Å²) in [7, 11) is 4.07. The molecule has 0 aromatic heterocycles. The molecule has 2 nitrogen and oxygen atoms in total. The zero-order chi connectivity index (χ0) is 14.4. The molecular formula is C18H23NO. The smallest absolute Gasteiger partial charge is 0.0948 e. The van der Waals surface area contributed by atoms with Crippen molar-refractivity contribution in [3.63, 3.8) is 0 Å². The zero-order valence-corrected chi connectivity index (χ0v) is 12.3. The van der Waals surface area contributed by atoms with E-state index in [1.54, 1.807) is 0 Å². The van der Waals surface area contributed by atoms with E-state index < -0.39 is 5.60 Å². The highest BCUT2D eigenvalue weighted by Crippen LogP contribution is 2.29. The van der Waals surface area contributed by atoms with Gasteiger partial charge in [-0.3, -0.25) is 0 Å². The molecule has 20 heavy (non-hydrogen) atoms. The molecule has 0 spiro atoms. The molecule has 0 aliphatic carbocycles. The molecular weight excluding hydrogens is 246 g/mol. The van der Waals surface area contributed by atoms with Gasteiger partial charge >= 0.3 is 0 Å². The average Bonchev–Trinajstić information content (AvgIpc) is 2.47. The zero-order valence-electron chi connectivity index (χ0n) is 12.3. The van der Waals surface area contributed by atoms with Crippen LogP contribution in [0.1, 0.15) is 17.5 Å². The van der Waals surface area contributed by atoms with Gasteiger partial charge in [0, 0.05) is 13.0 Å². The first-order chi connectivity index (χ1) is 9.60. The Morgan fingerprint density at radius 2 is 1.45 bits per heavy atom. The molecule has 0 saturated heterocycles. The molecule has 0 aliphatic rings. The van der Waals surface area contributed by atoms with Crippen LogP contribution in [0.25, 0.3) is 0 Å². The average molecular weight is 269 g/mol. The van der Waals surface area contributed by atoms with E-state index in [4.69, 9.17) is 0 Å². The van der Waals surface area contributed by atoms with Crippen molar-refractivity contribution >= 4 is 0 Å². The topological polar surface area (TPSA) is 23.5 Å². The van der Waals surface area contributed by atoms with Crippen LogP contribution in [-0.2, 0) is 12.0 Å². The Balaban J connectivity index is 2.24. The lowest BCUT2D eigenvalue weighted by atomic mass is 9.84. The molecule has 106 valence electrons. The summed E-state index contributed by atoms with van der Waals surface area (Å²) in [5, 5.41) is 11.2. The third-order valence-electron chi connectivity index (χ3n) is 3.62. The molecule has 0 aliphatic heterocycles. The molecule has 0 amide bonds. The van der Waals surface area contributed by atoms with Crippen molar-refractivity contribution in [2.75, 3.05) is 20.6 Å². The Bertz CT molecular complexity index is 509. The van der Waals surface area contributed by atoms with Gasteiger partial charge in [-0.05, 0) is 31.6 Å².